The average molecular weight is 158 g/mol. The van der Waals surface area contributed by atoms with Gasteiger partial charge in [0.05, 0.1) is 0 Å². The first-order valence-electron chi connectivity index (χ1n) is 2.83. The van der Waals surface area contributed by atoms with Gasteiger partial charge < -0.3 is 5.11 Å². The molecule has 60 valence electrons. The number of aliphatic hydroxyl groups is 1. The third-order valence-corrected chi connectivity index (χ3v) is 1.52. The normalized spacial score (nSPS) is 26.1. The molecule has 0 aromatic heterocycles. The van der Waals surface area contributed by atoms with Crippen molar-refractivity contribution in [3.63, 3.8) is 0 Å². The van der Waals surface area contributed by atoms with Crippen LogP contribution in [0.4, 0.5) is 17.6 Å². The maximum Gasteiger partial charge on any atom is 0.448 e. The molecule has 1 fully saturated rings. The van der Waals surface area contributed by atoms with E-state index in [4.69, 9.17) is 5.11 Å². The van der Waals surface area contributed by atoms with Gasteiger partial charge in [-0.3, -0.25) is 0 Å². The van der Waals surface area contributed by atoms with Crippen molar-refractivity contribution in [2.24, 2.45) is 5.92 Å². The fourth-order valence-electron chi connectivity index (χ4n) is 0.697. The van der Waals surface area contributed by atoms with Gasteiger partial charge in [-0.1, -0.05) is 0 Å². The van der Waals surface area contributed by atoms with E-state index in [1.807, 2.05) is 0 Å². The van der Waals surface area contributed by atoms with Crippen LogP contribution in [0.3, 0.4) is 0 Å². The van der Waals surface area contributed by atoms with Crippen molar-refractivity contribution in [3.8, 4) is 0 Å². The predicted molar refractivity (Wildman–Crippen MR) is 24.8 cm³/mol. The summed E-state index contributed by atoms with van der Waals surface area (Å²) in [4.78, 5) is 0. The first-order valence-corrected chi connectivity index (χ1v) is 2.83. The zero-order valence-corrected chi connectivity index (χ0v) is 4.95. The van der Waals surface area contributed by atoms with Crippen molar-refractivity contribution < 1.29 is 22.7 Å². The summed E-state index contributed by atoms with van der Waals surface area (Å²) in [7, 11) is 0. The van der Waals surface area contributed by atoms with Crippen molar-refractivity contribution in [3.05, 3.63) is 0 Å². The Labute approximate surface area is 54.6 Å². The summed E-state index contributed by atoms with van der Waals surface area (Å²) in [6.07, 6.45) is -4.90. The number of rotatable bonds is 1. The van der Waals surface area contributed by atoms with E-state index in [1.165, 1.54) is 0 Å². The summed E-state index contributed by atoms with van der Waals surface area (Å²) in [5, 5.41) is 8.20. The first-order chi connectivity index (χ1) is 4.36. The third-order valence-electron chi connectivity index (χ3n) is 1.52. The molecule has 1 nitrogen and oxygen atoms in total. The van der Waals surface area contributed by atoms with Crippen molar-refractivity contribution in [2.45, 2.75) is 24.9 Å². The molecule has 1 saturated carbocycles. The van der Waals surface area contributed by atoms with E-state index in [2.05, 4.69) is 0 Å². The predicted octanol–water partition coefficient (Wildman–Crippen LogP) is 1.62. The Kier molecular flexibility index (Phi) is 1.43. The van der Waals surface area contributed by atoms with Crippen LogP contribution in [-0.2, 0) is 0 Å². The molecule has 0 spiro atoms. The van der Waals surface area contributed by atoms with Gasteiger partial charge in [0.2, 0.25) is 0 Å². The fourth-order valence-corrected chi connectivity index (χ4v) is 0.697. The molecule has 0 saturated heterocycles. The topological polar surface area (TPSA) is 20.2 Å². The molecular formula is C5H6F4O. The maximum absolute atomic E-state index is 12.2. The van der Waals surface area contributed by atoms with Gasteiger partial charge in [-0.25, -0.2) is 4.39 Å². The van der Waals surface area contributed by atoms with Crippen LogP contribution >= 0.6 is 0 Å². The molecule has 0 amide bonds. The second-order valence-corrected chi connectivity index (χ2v) is 2.45. The lowest BCUT2D eigenvalue weighted by atomic mass is 10.2. The van der Waals surface area contributed by atoms with E-state index in [0.29, 0.717) is 0 Å². The monoisotopic (exact) mass is 158 g/mol. The summed E-state index contributed by atoms with van der Waals surface area (Å²) in [6.45, 7) is 0. The Balaban J connectivity index is 2.66. The zero-order chi connectivity index (χ0) is 7.99. The molecule has 0 aromatic rings. The largest absolute Gasteiger partial charge is 0.448 e. The van der Waals surface area contributed by atoms with E-state index in [1.54, 1.807) is 0 Å². The molecule has 5 heteroatoms. The average Bonchev–Trinajstić information content (AvgIpc) is 2.38. The Morgan fingerprint density at radius 1 is 1.10 bits per heavy atom. The van der Waals surface area contributed by atoms with E-state index in [-0.39, 0.29) is 12.8 Å². The second-order valence-electron chi connectivity index (χ2n) is 2.45. The molecule has 1 unspecified atom stereocenters. The highest BCUT2D eigenvalue weighted by Gasteiger charge is 2.63. The Bertz CT molecular complexity index is 135. The van der Waals surface area contributed by atoms with Gasteiger partial charge >= 0.3 is 12.0 Å². The molecule has 0 aromatic carbocycles. The Morgan fingerprint density at radius 3 is 1.60 bits per heavy atom. The molecule has 0 aliphatic heterocycles. The highest BCUT2D eigenvalue weighted by molar-refractivity contribution is 4.91. The minimum absolute atomic E-state index is 0.118. The molecule has 0 radical (unpaired) electrons. The maximum atomic E-state index is 12.2. The summed E-state index contributed by atoms with van der Waals surface area (Å²) >= 11 is 0. The van der Waals surface area contributed by atoms with Crippen LogP contribution in [-0.4, -0.2) is 17.1 Å². The van der Waals surface area contributed by atoms with Crippen LogP contribution in [0.2, 0.25) is 0 Å². The standard InChI is InChI=1S/C5H6F4O/c6-4(10,3-1-2-3)5(7,8)9/h3,10H,1-2H2. The smallest absolute Gasteiger partial charge is 0.355 e. The van der Waals surface area contributed by atoms with Gasteiger partial charge in [-0.05, 0) is 12.8 Å². The van der Waals surface area contributed by atoms with Crippen LogP contribution in [0.5, 0.6) is 0 Å². The zero-order valence-electron chi connectivity index (χ0n) is 4.95. The van der Waals surface area contributed by atoms with Crippen LogP contribution < -0.4 is 0 Å². The lowest BCUT2D eigenvalue weighted by Crippen LogP contribution is -2.42. The molecule has 1 atom stereocenters. The molecule has 0 bridgehead atoms. The first kappa shape index (κ1) is 7.78. The third kappa shape index (κ3) is 1.10. The van der Waals surface area contributed by atoms with Gasteiger partial charge in [-0.15, -0.1) is 0 Å². The van der Waals surface area contributed by atoms with E-state index < -0.39 is 17.9 Å². The highest BCUT2D eigenvalue weighted by Crippen LogP contribution is 2.48. The van der Waals surface area contributed by atoms with Crippen molar-refractivity contribution in [1.29, 1.82) is 0 Å². The van der Waals surface area contributed by atoms with Gasteiger partial charge in [0.15, 0.2) is 0 Å². The van der Waals surface area contributed by atoms with Gasteiger partial charge in [0.1, 0.15) is 0 Å². The van der Waals surface area contributed by atoms with Crippen molar-refractivity contribution in [2.75, 3.05) is 0 Å². The number of halogens is 4. The molecule has 1 N–H and O–H groups in total. The van der Waals surface area contributed by atoms with E-state index in [0.717, 1.165) is 0 Å². The van der Waals surface area contributed by atoms with Crippen molar-refractivity contribution in [1.82, 2.24) is 0 Å². The molecule has 1 aliphatic carbocycles. The van der Waals surface area contributed by atoms with E-state index >= 15 is 0 Å². The highest BCUT2D eigenvalue weighted by atomic mass is 19.4. The van der Waals surface area contributed by atoms with E-state index in [9.17, 15) is 17.6 Å². The summed E-state index contributed by atoms with van der Waals surface area (Å²) < 4.78 is 46.7. The lowest BCUT2D eigenvalue weighted by molar-refractivity contribution is -0.324. The molecule has 0 heterocycles. The number of hydrogen-bond donors (Lipinski definition) is 1. The molecular weight excluding hydrogens is 152 g/mol. The molecule has 10 heavy (non-hydrogen) atoms. The number of alkyl halides is 4. The Morgan fingerprint density at radius 2 is 1.50 bits per heavy atom. The van der Waals surface area contributed by atoms with Gasteiger partial charge in [0.25, 0.3) is 0 Å². The van der Waals surface area contributed by atoms with Crippen LogP contribution in [0, 0.1) is 5.92 Å². The minimum atomic E-state index is -5.13. The lowest BCUT2D eigenvalue weighted by Gasteiger charge is -2.20. The SMILES string of the molecule is OC(F)(C1CC1)C(F)(F)F. The van der Waals surface area contributed by atoms with Crippen LogP contribution in [0.1, 0.15) is 12.8 Å². The van der Waals surface area contributed by atoms with Gasteiger partial charge in [0, 0.05) is 5.92 Å². The molecule has 1 aliphatic rings. The van der Waals surface area contributed by atoms with Crippen LogP contribution in [0.25, 0.3) is 0 Å². The number of hydrogen-bond acceptors (Lipinski definition) is 1. The fraction of sp³-hybridized carbons (Fsp3) is 1.00. The Hall–Kier alpha value is -0.320. The summed E-state index contributed by atoms with van der Waals surface area (Å²) in [5.74, 6) is -5.18. The second kappa shape index (κ2) is 1.84. The quantitative estimate of drug-likeness (QED) is 0.575. The summed E-state index contributed by atoms with van der Waals surface area (Å²) in [5.41, 5.74) is 0. The minimum Gasteiger partial charge on any atom is -0.355 e. The van der Waals surface area contributed by atoms with Crippen LogP contribution in [0.15, 0.2) is 0 Å². The summed E-state index contributed by atoms with van der Waals surface area (Å²) in [6, 6.07) is 0. The molecule has 1 rings (SSSR count). The van der Waals surface area contributed by atoms with Crippen molar-refractivity contribution >= 4 is 0 Å². The van der Waals surface area contributed by atoms with Gasteiger partial charge in [-0.2, -0.15) is 13.2 Å².